The molecule has 0 fully saturated rings. The summed E-state index contributed by atoms with van der Waals surface area (Å²) in [7, 11) is 0. The maximum Gasteiger partial charge on any atom is 3.00 e. The van der Waals surface area contributed by atoms with Crippen molar-refractivity contribution < 1.29 is 80.5 Å². The first-order valence-electron chi connectivity index (χ1n) is 0. The third-order valence-electron chi connectivity index (χ3n) is 0. The van der Waals surface area contributed by atoms with Gasteiger partial charge in [-0.3, -0.25) is 0 Å². The van der Waals surface area contributed by atoms with E-state index in [9.17, 15) is 0 Å². The van der Waals surface area contributed by atoms with Crippen LogP contribution in [-0.2, 0) is 80.5 Å². The summed E-state index contributed by atoms with van der Waals surface area (Å²) in [5.41, 5.74) is 0. The summed E-state index contributed by atoms with van der Waals surface area (Å²) in [6.45, 7) is 0. The van der Waals surface area contributed by atoms with Crippen LogP contribution >= 0.6 is 0 Å². The Hall–Kier alpha value is 2.10. The van der Waals surface area contributed by atoms with Crippen LogP contribution < -0.4 is 0 Å². The number of hydrogen-bond acceptors (Lipinski definition) is 0. The number of hydrogen-bond donors (Lipinski definition) is 0. The Bertz CT molecular complexity index is 12.4. The van der Waals surface area contributed by atoms with Crippen molar-refractivity contribution >= 4 is 17.4 Å². The van der Waals surface area contributed by atoms with Gasteiger partial charge in [-0.05, 0) is 0 Å². The van der Waals surface area contributed by atoms with Crippen LogP contribution in [0.2, 0.25) is 0 Å². The molecule has 0 spiro atoms. The Morgan fingerprint density at radius 1 is 0.500 bits per heavy atom. The molecular weight excluding hydrogens is 382 g/mol. The molecule has 0 aliphatic carbocycles. The van der Waals surface area contributed by atoms with Gasteiger partial charge in [0.2, 0.25) is 0 Å². The smallest absolute Gasteiger partial charge is 2.00 e. The average molecular weight is 382 g/mol. The minimum atomic E-state index is 0. The first kappa shape index (κ1) is 190. The fourth-order valence-corrected chi connectivity index (χ4v) is 0. The van der Waals surface area contributed by atoms with Crippen LogP contribution in [0, 0.1) is 0 Å². The normalized spacial score (nSPS) is 0. The molecule has 0 bridgehead atoms. The standard InChI is InChI=1S/Al.5O.Re.Y/q+3;5*-2;;+3. The fourth-order valence-electron chi connectivity index (χ4n) is 0. The molecule has 0 aliphatic rings. The van der Waals surface area contributed by atoms with E-state index < -0.39 is 0 Å². The quantitative estimate of drug-likeness (QED) is 0.475. The van der Waals surface area contributed by atoms with E-state index in [2.05, 4.69) is 0 Å². The molecule has 0 rings (SSSR count). The summed E-state index contributed by atoms with van der Waals surface area (Å²) >= 11 is 0. The molecule has 47 valence electrons. The SMILES string of the molecule is [Al+3].[O-2].[O-2].[O-2].[O-2].[O-2].[Re].[Y+3]. The van der Waals surface area contributed by atoms with Gasteiger partial charge in [0.05, 0.1) is 0 Å². The summed E-state index contributed by atoms with van der Waals surface area (Å²) in [4.78, 5) is 0. The van der Waals surface area contributed by atoms with E-state index in [1.54, 1.807) is 0 Å². The van der Waals surface area contributed by atoms with Gasteiger partial charge in [-0.1, -0.05) is 0 Å². The van der Waals surface area contributed by atoms with E-state index in [0.29, 0.717) is 0 Å². The zero-order chi connectivity index (χ0) is 0. The molecule has 0 atom stereocenters. The van der Waals surface area contributed by atoms with E-state index in [1.165, 1.54) is 0 Å². The molecule has 0 heterocycles. The molecule has 1 radical (unpaired) electrons. The minimum Gasteiger partial charge on any atom is -2.00 e. The van der Waals surface area contributed by atoms with E-state index in [4.69, 9.17) is 0 Å². The Labute approximate surface area is 96.8 Å². The van der Waals surface area contributed by atoms with Gasteiger partial charge in [0.15, 0.2) is 0 Å². The van der Waals surface area contributed by atoms with Crippen molar-refractivity contribution in [3.8, 4) is 0 Å². The van der Waals surface area contributed by atoms with Crippen LogP contribution in [0.25, 0.3) is 0 Å². The third kappa shape index (κ3) is 92.7. The molecule has 0 aromatic carbocycles. The fraction of sp³-hybridized carbons (Fsp3) is 0. The molecule has 5 nitrogen and oxygen atoms in total. The van der Waals surface area contributed by atoms with Gasteiger partial charge >= 0.3 is 50.1 Å². The minimum absolute atomic E-state index is 0. The zero-order valence-electron chi connectivity index (χ0n) is 3.57. The second-order valence-corrected chi connectivity index (χ2v) is 0. The van der Waals surface area contributed by atoms with Gasteiger partial charge in [0.1, 0.15) is 0 Å². The van der Waals surface area contributed by atoms with Crippen LogP contribution in [0.5, 0.6) is 0 Å². The Morgan fingerprint density at radius 3 is 0.500 bits per heavy atom. The molecule has 0 N–H and O–H groups in total. The predicted octanol–water partition coefficient (Wildman–Crippen LogP) is -0.980. The second kappa shape index (κ2) is 135. The maximum absolute atomic E-state index is 0. The summed E-state index contributed by atoms with van der Waals surface area (Å²) < 4.78 is 0. The van der Waals surface area contributed by atoms with Gasteiger partial charge < -0.3 is 27.4 Å². The third-order valence-corrected chi connectivity index (χ3v) is 0. The van der Waals surface area contributed by atoms with Crippen molar-refractivity contribution in [3.05, 3.63) is 0 Å². The van der Waals surface area contributed by atoms with Gasteiger partial charge in [-0.25, -0.2) is 0 Å². The molecule has 8 heavy (non-hydrogen) atoms. The molecule has 0 unspecified atom stereocenters. The molecule has 0 saturated heterocycles. The largest absolute Gasteiger partial charge is 3.00 e. The topological polar surface area (TPSA) is 142 Å². The molecule has 8 heteroatoms. The first-order chi connectivity index (χ1) is 0. The Morgan fingerprint density at radius 2 is 0.500 bits per heavy atom. The van der Waals surface area contributed by atoms with E-state index in [1.807, 2.05) is 0 Å². The van der Waals surface area contributed by atoms with Crippen molar-refractivity contribution in [1.82, 2.24) is 0 Å². The first-order valence-corrected chi connectivity index (χ1v) is 0. The van der Waals surface area contributed by atoms with E-state index in [0.717, 1.165) is 0 Å². The van der Waals surface area contributed by atoms with Gasteiger partial charge in [0, 0.05) is 20.4 Å². The molecule has 0 aliphatic heterocycles. The van der Waals surface area contributed by atoms with Crippen LogP contribution in [-0.4, -0.2) is 17.4 Å². The van der Waals surface area contributed by atoms with Crippen molar-refractivity contribution in [2.45, 2.75) is 0 Å². The van der Waals surface area contributed by atoms with Crippen LogP contribution in [0.15, 0.2) is 0 Å². The monoisotopic (exact) mass is 383 g/mol. The molecule has 0 saturated carbocycles. The van der Waals surface area contributed by atoms with Gasteiger partial charge in [0.25, 0.3) is 0 Å². The van der Waals surface area contributed by atoms with E-state index in [-0.39, 0.29) is 97.9 Å². The maximum atomic E-state index is 0. The Kier molecular flexibility index (Phi) is 3210. The molecule has 0 amide bonds. The zero-order valence-corrected chi connectivity index (χ0v) is 10.3. The van der Waals surface area contributed by atoms with E-state index >= 15 is 0 Å². The van der Waals surface area contributed by atoms with Crippen molar-refractivity contribution in [3.63, 3.8) is 0 Å². The van der Waals surface area contributed by atoms with Crippen molar-refractivity contribution in [1.29, 1.82) is 0 Å². The molecule has 0 aromatic rings. The second-order valence-electron chi connectivity index (χ2n) is 0. The summed E-state index contributed by atoms with van der Waals surface area (Å²) in [6.07, 6.45) is 0. The van der Waals surface area contributed by atoms with Crippen molar-refractivity contribution in [2.75, 3.05) is 0 Å². The summed E-state index contributed by atoms with van der Waals surface area (Å²) in [5.74, 6) is 0. The Balaban J connectivity index is 0. The van der Waals surface area contributed by atoms with Gasteiger partial charge in [-0.2, -0.15) is 0 Å². The van der Waals surface area contributed by atoms with Crippen molar-refractivity contribution in [2.24, 2.45) is 0 Å². The predicted molar refractivity (Wildman–Crippen MR) is 9.19 cm³/mol. The summed E-state index contributed by atoms with van der Waals surface area (Å²) in [5, 5.41) is 0. The average Bonchev–Trinajstić information content (AvgIpc) is 0. The molecule has 0 aromatic heterocycles. The van der Waals surface area contributed by atoms with Gasteiger partial charge in [-0.15, -0.1) is 0 Å². The van der Waals surface area contributed by atoms with Crippen LogP contribution in [0.4, 0.5) is 0 Å². The molecular formula is AlO5ReY-4. The summed E-state index contributed by atoms with van der Waals surface area (Å²) in [6, 6.07) is 0. The van der Waals surface area contributed by atoms with Crippen LogP contribution in [0.1, 0.15) is 0 Å². The number of rotatable bonds is 0. The van der Waals surface area contributed by atoms with Crippen LogP contribution in [0.3, 0.4) is 0 Å².